The number of benzene rings is 2. The first-order valence-electron chi connectivity index (χ1n) is 16.8. The van der Waals surface area contributed by atoms with Crippen LogP contribution < -0.4 is 21.6 Å². The van der Waals surface area contributed by atoms with Gasteiger partial charge in [0.2, 0.25) is 5.91 Å². The van der Waals surface area contributed by atoms with Gasteiger partial charge in [0.05, 0.1) is 27.3 Å². The molecule has 2 aromatic carbocycles. The van der Waals surface area contributed by atoms with Crippen molar-refractivity contribution in [2.24, 2.45) is 11.8 Å². The van der Waals surface area contributed by atoms with Gasteiger partial charge in [-0.15, -0.1) is 0 Å². The molecule has 3 fully saturated rings. The van der Waals surface area contributed by atoms with Crippen molar-refractivity contribution in [3.05, 3.63) is 63.0 Å². The van der Waals surface area contributed by atoms with E-state index < -0.39 is 23.8 Å². The second-order valence-electron chi connectivity index (χ2n) is 13.2. The summed E-state index contributed by atoms with van der Waals surface area (Å²) in [5, 5.41) is 8.69. The van der Waals surface area contributed by atoms with Gasteiger partial charge in [0.1, 0.15) is 6.04 Å². The number of rotatable bonds is 7. The molecule has 0 radical (unpaired) electrons. The SMILES string of the molecule is CNc1c(Cl)cc(C[C@@H](NC(=O)N2CCC(n3c(=O)[nH]c4ccccc43)CC2)C(=O)N2CCC(C3CCNCC3)CC2)cc1C(F)(F)F. The number of hydrogen-bond acceptors (Lipinski definition) is 5. The Morgan fingerprint density at radius 3 is 2.27 bits per heavy atom. The second kappa shape index (κ2) is 14.4. The lowest BCUT2D eigenvalue weighted by Crippen LogP contribution is -2.55. The predicted molar refractivity (Wildman–Crippen MR) is 179 cm³/mol. The minimum Gasteiger partial charge on any atom is -0.386 e. The summed E-state index contributed by atoms with van der Waals surface area (Å²) in [6.07, 6.45) is 0.211. The standard InChI is InChI=1S/C34H43ClF3N7O3/c1-39-30-25(34(36,37)38)18-21(19-26(30)35)20-28(31(46)43-14-8-23(9-15-43)22-6-12-40-13-7-22)42-32(47)44-16-10-24(11-17-44)45-29-5-3-2-4-27(29)41-33(45)48/h2-5,18-19,22-24,28,39-40H,6-17,20H2,1H3,(H,41,48)(H,42,47)/t28-/m1/s1. The summed E-state index contributed by atoms with van der Waals surface area (Å²) in [5.74, 6) is 0.836. The summed E-state index contributed by atoms with van der Waals surface area (Å²) >= 11 is 6.29. The van der Waals surface area contributed by atoms with Crippen LogP contribution in [-0.4, -0.2) is 83.6 Å². The normalized spacial score (nSPS) is 19.4. The van der Waals surface area contributed by atoms with Gasteiger partial charge in [0.15, 0.2) is 0 Å². The van der Waals surface area contributed by atoms with E-state index in [0.717, 1.165) is 55.9 Å². The number of urea groups is 1. The number of nitrogens with one attached hydrogen (secondary N) is 4. The van der Waals surface area contributed by atoms with Crippen LogP contribution in [0.5, 0.6) is 0 Å². The Morgan fingerprint density at radius 2 is 1.60 bits per heavy atom. The van der Waals surface area contributed by atoms with E-state index in [0.29, 0.717) is 50.9 Å². The molecule has 0 spiro atoms. The fourth-order valence-electron chi connectivity index (χ4n) is 7.83. The molecular formula is C34H43ClF3N7O3. The Labute approximate surface area is 282 Å². The van der Waals surface area contributed by atoms with Crippen LogP contribution in [0.25, 0.3) is 11.0 Å². The van der Waals surface area contributed by atoms with Crippen molar-refractivity contribution in [1.29, 1.82) is 0 Å². The number of anilines is 1. The predicted octanol–water partition coefficient (Wildman–Crippen LogP) is 5.24. The number of aromatic amines is 1. The summed E-state index contributed by atoms with van der Waals surface area (Å²) in [5.41, 5.74) is 0.391. The molecule has 6 rings (SSSR count). The first-order valence-corrected chi connectivity index (χ1v) is 17.2. The molecule has 3 aliphatic heterocycles. The average Bonchev–Trinajstić information content (AvgIpc) is 3.43. The van der Waals surface area contributed by atoms with Crippen molar-refractivity contribution in [3.63, 3.8) is 0 Å². The first-order chi connectivity index (χ1) is 23.0. The lowest BCUT2D eigenvalue weighted by Gasteiger charge is -2.39. The van der Waals surface area contributed by atoms with Gasteiger partial charge in [0.25, 0.3) is 0 Å². The van der Waals surface area contributed by atoms with Crippen molar-refractivity contribution < 1.29 is 22.8 Å². The number of H-pyrrole nitrogens is 1. The molecule has 1 atom stereocenters. The maximum Gasteiger partial charge on any atom is 0.418 e. The number of fused-ring (bicyclic) bond motifs is 1. The number of piperidine rings is 3. The number of halogens is 4. The highest BCUT2D eigenvalue weighted by Gasteiger charge is 2.37. The number of hydrogen-bond donors (Lipinski definition) is 4. The van der Waals surface area contributed by atoms with Crippen LogP contribution in [0.2, 0.25) is 5.02 Å². The van der Waals surface area contributed by atoms with Crippen LogP contribution in [0.3, 0.4) is 0 Å². The van der Waals surface area contributed by atoms with Crippen LogP contribution in [0, 0.1) is 11.8 Å². The molecule has 4 heterocycles. The van der Waals surface area contributed by atoms with E-state index >= 15 is 0 Å². The molecule has 3 saturated heterocycles. The van der Waals surface area contributed by atoms with E-state index in [1.165, 1.54) is 13.1 Å². The molecule has 4 N–H and O–H groups in total. The van der Waals surface area contributed by atoms with Crippen LogP contribution in [0.4, 0.5) is 23.7 Å². The maximum absolute atomic E-state index is 14.0. The molecule has 10 nitrogen and oxygen atoms in total. The molecule has 260 valence electrons. The molecule has 0 aliphatic carbocycles. The molecule has 0 saturated carbocycles. The Bertz CT molecular complexity index is 1670. The Morgan fingerprint density at radius 1 is 0.958 bits per heavy atom. The number of nitrogens with zero attached hydrogens (tertiary/aromatic N) is 3. The number of aromatic nitrogens is 2. The lowest BCUT2D eigenvalue weighted by molar-refractivity contribution is -0.137. The zero-order valence-corrected chi connectivity index (χ0v) is 27.8. The number of alkyl halides is 3. The van der Waals surface area contributed by atoms with Crippen LogP contribution in [-0.2, 0) is 17.4 Å². The molecule has 0 bridgehead atoms. The van der Waals surface area contributed by atoms with Gasteiger partial charge < -0.3 is 30.7 Å². The highest BCUT2D eigenvalue weighted by atomic mass is 35.5. The molecule has 3 amide bonds. The molecule has 14 heteroatoms. The third-order valence-corrected chi connectivity index (χ3v) is 10.7. The minimum atomic E-state index is -4.67. The van der Waals surface area contributed by atoms with Gasteiger partial charge in [-0.25, -0.2) is 9.59 Å². The number of likely N-dealkylation sites (tertiary alicyclic amines) is 2. The molecule has 0 unspecified atom stereocenters. The summed E-state index contributed by atoms with van der Waals surface area (Å²) < 4.78 is 43.7. The van der Waals surface area contributed by atoms with E-state index in [2.05, 4.69) is 20.9 Å². The largest absolute Gasteiger partial charge is 0.418 e. The van der Waals surface area contributed by atoms with Crippen LogP contribution in [0.15, 0.2) is 41.2 Å². The summed E-state index contributed by atoms with van der Waals surface area (Å²) in [7, 11) is 1.37. The minimum absolute atomic E-state index is 0.106. The van der Waals surface area contributed by atoms with E-state index in [1.54, 1.807) is 14.4 Å². The summed E-state index contributed by atoms with van der Waals surface area (Å²) in [6.45, 7) is 3.79. The van der Waals surface area contributed by atoms with E-state index in [1.807, 2.05) is 24.3 Å². The average molecular weight is 690 g/mol. The highest BCUT2D eigenvalue weighted by molar-refractivity contribution is 6.33. The fraction of sp³-hybridized carbons (Fsp3) is 0.559. The number of para-hydroxylation sites is 2. The Hall–Kier alpha value is -3.71. The second-order valence-corrected chi connectivity index (χ2v) is 13.6. The molecule has 3 aliphatic rings. The lowest BCUT2D eigenvalue weighted by atomic mass is 9.79. The number of carbonyl (C=O) groups excluding carboxylic acids is 2. The number of imidazole rings is 1. The summed E-state index contributed by atoms with van der Waals surface area (Å²) in [6, 6.07) is 8.23. The monoisotopic (exact) mass is 689 g/mol. The smallest absolute Gasteiger partial charge is 0.386 e. The van der Waals surface area contributed by atoms with Gasteiger partial charge in [-0.05, 0) is 93.3 Å². The highest BCUT2D eigenvalue weighted by Crippen LogP contribution is 2.40. The van der Waals surface area contributed by atoms with Gasteiger partial charge in [-0.2, -0.15) is 13.2 Å². The van der Waals surface area contributed by atoms with Crippen molar-refractivity contribution in [3.8, 4) is 0 Å². The fourth-order valence-corrected chi connectivity index (χ4v) is 8.16. The van der Waals surface area contributed by atoms with Crippen molar-refractivity contribution >= 4 is 40.3 Å². The third-order valence-electron chi connectivity index (χ3n) is 10.4. The summed E-state index contributed by atoms with van der Waals surface area (Å²) in [4.78, 5) is 46.7. The number of carbonyl (C=O) groups is 2. The van der Waals surface area contributed by atoms with E-state index in [9.17, 15) is 27.6 Å². The first kappa shape index (κ1) is 34.2. The zero-order valence-electron chi connectivity index (χ0n) is 27.0. The van der Waals surface area contributed by atoms with Gasteiger partial charge >= 0.3 is 17.9 Å². The van der Waals surface area contributed by atoms with Gasteiger partial charge in [-0.1, -0.05) is 23.7 Å². The Kier molecular flexibility index (Phi) is 10.3. The molecule has 3 aromatic rings. The third kappa shape index (κ3) is 7.31. The Balaban J connectivity index is 1.17. The topological polar surface area (TPSA) is 114 Å². The van der Waals surface area contributed by atoms with Crippen molar-refractivity contribution in [1.82, 2.24) is 30.0 Å². The molecule has 1 aromatic heterocycles. The van der Waals surface area contributed by atoms with Crippen molar-refractivity contribution in [2.75, 3.05) is 51.6 Å². The zero-order chi connectivity index (χ0) is 34.0. The molecular weight excluding hydrogens is 647 g/mol. The molecule has 48 heavy (non-hydrogen) atoms. The quantitative estimate of drug-likeness (QED) is 0.271. The van der Waals surface area contributed by atoms with Crippen LogP contribution in [0.1, 0.15) is 55.7 Å². The van der Waals surface area contributed by atoms with Crippen molar-refractivity contribution in [2.45, 2.75) is 63.2 Å². The number of amides is 3. The van der Waals surface area contributed by atoms with Gasteiger partial charge in [-0.3, -0.25) is 9.36 Å². The van der Waals surface area contributed by atoms with E-state index in [4.69, 9.17) is 11.6 Å². The van der Waals surface area contributed by atoms with Gasteiger partial charge in [0, 0.05) is 45.7 Å². The maximum atomic E-state index is 14.0. The van der Waals surface area contributed by atoms with Crippen LogP contribution >= 0.6 is 11.6 Å². The van der Waals surface area contributed by atoms with E-state index in [-0.39, 0.29) is 40.3 Å².